The molecule has 0 atom stereocenters. The third-order valence-corrected chi connectivity index (χ3v) is 10.0. The molecule has 0 nitrogen and oxygen atoms in total. The Labute approximate surface area is 348 Å². The fraction of sp³-hybridized carbons (Fsp3) is 0.263. The Morgan fingerprint density at radius 2 is 1.04 bits per heavy atom. The van der Waals surface area contributed by atoms with E-state index in [1.165, 1.54) is 90.8 Å². The molecule has 6 rings (SSSR count). The second kappa shape index (κ2) is 24.9. The van der Waals surface area contributed by atoms with Gasteiger partial charge in [-0.2, -0.15) is 0 Å². The molecule has 0 heterocycles. The predicted octanol–water partition coefficient (Wildman–Crippen LogP) is 17.0. The van der Waals surface area contributed by atoms with Crippen LogP contribution in [-0.2, 0) is 5.41 Å². The van der Waals surface area contributed by atoms with Crippen molar-refractivity contribution < 1.29 is 0 Å². The van der Waals surface area contributed by atoms with Crippen LogP contribution in [0, 0.1) is 41.5 Å². The van der Waals surface area contributed by atoms with Crippen molar-refractivity contribution in [2.24, 2.45) is 0 Å². The molecule has 0 heteroatoms. The maximum absolute atomic E-state index is 3.98. The van der Waals surface area contributed by atoms with E-state index >= 15 is 0 Å². The number of unbranched alkanes of at least 4 members (excludes halogenated alkanes) is 1. The zero-order valence-corrected chi connectivity index (χ0v) is 37.3. The highest BCUT2D eigenvalue weighted by atomic mass is 14.4. The molecule has 0 aromatic heterocycles. The lowest BCUT2D eigenvalue weighted by atomic mass is 9.81. The number of benzene rings is 5. The van der Waals surface area contributed by atoms with E-state index in [4.69, 9.17) is 0 Å². The smallest absolute Gasteiger partial charge is 0.0158 e. The average molecular weight is 755 g/mol. The van der Waals surface area contributed by atoms with Crippen LogP contribution in [-0.4, -0.2) is 0 Å². The summed E-state index contributed by atoms with van der Waals surface area (Å²) < 4.78 is 0. The molecular formula is C57H70. The summed E-state index contributed by atoms with van der Waals surface area (Å²) in [5.74, 6) is 0. The molecule has 0 fully saturated rings. The van der Waals surface area contributed by atoms with Crippen LogP contribution in [0.4, 0.5) is 0 Å². The van der Waals surface area contributed by atoms with Crippen LogP contribution in [0.25, 0.3) is 22.3 Å². The lowest BCUT2D eigenvalue weighted by molar-refractivity contribution is 0.654. The number of hydrogen-bond donors (Lipinski definition) is 0. The Bertz CT molecular complexity index is 2020. The summed E-state index contributed by atoms with van der Waals surface area (Å²) >= 11 is 0. The van der Waals surface area contributed by atoms with Gasteiger partial charge >= 0.3 is 0 Å². The van der Waals surface area contributed by atoms with Crippen molar-refractivity contribution in [3.63, 3.8) is 0 Å². The predicted molar refractivity (Wildman–Crippen MR) is 258 cm³/mol. The largest absolute Gasteiger partial charge is 0.0990 e. The van der Waals surface area contributed by atoms with Gasteiger partial charge in [0, 0.05) is 5.41 Å². The summed E-state index contributed by atoms with van der Waals surface area (Å²) in [6.45, 7) is 33.4. The van der Waals surface area contributed by atoms with Gasteiger partial charge in [0.25, 0.3) is 0 Å². The monoisotopic (exact) mass is 755 g/mol. The first kappa shape index (κ1) is 47.7. The molecule has 1 aliphatic carbocycles. The first-order valence-corrected chi connectivity index (χ1v) is 20.6. The third kappa shape index (κ3) is 15.2. The standard InChI is InChI=1S/C17H20.C14H14.C14H16.C8H10.C4H10/c1-6-8-13-14-11-12(3)9-10-16(14)17(4,5)15(13)7-2;1-11-3-7-13(8-4-11)14-9-5-12(2)6-10-14;1-4-6-13(7-5-2)14-10-8-12(3)9-11-14;1-7-5-3-4-6-8(7)2;1-3-4-2/h6-11H,2H2,1,3-5H3;3-10H,1-2H3;4-11H,1H2,2-3H3;3-6H,1-2H3;3-4H2,1-2H3/b8-6-;;7-5-,13-6+;;. The van der Waals surface area contributed by atoms with Gasteiger partial charge in [0.05, 0.1) is 0 Å². The van der Waals surface area contributed by atoms with Crippen molar-refractivity contribution in [3.05, 3.63) is 227 Å². The number of rotatable bonds is 7. The molecule has 0 aliphatic heterocycles. The Morgan fingerprint density at radius 1 is 0.579 bits per heavy atom. The second-order valence-electron chi connectivity index (χ2n) is 15.2. The third-order valence-electron chi connectivity index (χ3n) is 10.0. The first-order chi connectivity index (χ1) is 27.3. The highest BCUT2D eigenvalue weighted by Crippen LogP contribution is 2.47. The van der Waals surface area contributed by atoms with E-state index in [-0.39, 0.29) is 5.41 Å². The summed E-state index contributed by atoms with van der Waals surface area (Å²) in [4.78, 5) is 0. The molecule has 298 valence electrons. The maximum Gasteiger partial charge on any atom is 0.0158 e. The van der Waals surface area contributed by atoms with E-state index in [0.29, 0.717) is 0 Å². The van der Waals surface area contributed by atoms with Gasteiger partial charge < -0.3 is 0 Å². The highest BCUT2D eigenvalue weighted by molar-refractivity contribution is 5.87. The van der Waals surface area contributed by atoms with Crippen molar-refractivity contribution in [2.75, 3.05) is 0 Å². The molecule has 5 aromatic rings. The molecule has 0 amide bonds. The first-order valence-electron chi connectivity index (χ1n) is 20.6. The van der Waals surface area contributed by atoms with E-state index < -0.39 is 0 Å². The molecule has 0 saturated heterocycles. The maximum atomic E-state index is 3.98. The van der Waals surface area contributed by atoms with Crippen LogP contribution < -0.4 is 0 Å². The highest BCUT2D eigenvalue weighted by Gasteiger charge is 2.35. The number of hydrogen-bond acceptors (Lipinski definition) is 0. The zero-order valence-electron chi connectivity index (χ0n) is 37.3. The summed E-state index contributed by atoms with van der Waals surface area (Å²) in [5, 5.41) is 0. The van der Waals surface area contributed by atoms with Crippen molar-refractivity contribution in [2.45, 2.75) is 101 Å². The van der Waals surface area contributed by atoms with Crippen molar-refractivity contribution in [1.29, 1.82) is 0 Å². The number of aryl methyl sites for hydroxylation is 6. The summed E-state index contributed by atoms with van der Waals surface area (Å²) in [6.07, 6.45) is 16.9. The normalized spacial score (nSPS) is 12.5. The minimum Gasteiger partial charge on any atom is -0.0990 e. The van der Waals surface area contributed by atoms with Crippen LogP contribution in [0.1, 0.15) is 104 Å². The molecule has 0 N–H and O–H groups in total. The SMILES string of the molecule is C=C/C=C(\C=C/C)c1ccc(C)cc1.C=CC1=C(/C=C\C)c2cc(C)ccc2C1(C)C.CCCC.Cc1ccc(-c2ccc(C)cc2)cc1.Cc1ccccc1C. The van der Waals surface area contributed by atoms with Crippen LogP contribution in [0.5, 0.6) is 0 Å². The van der Waals surface area contributed by atoms with Crippen LogP contribution in [0.2, 0.25) is 0 Å². The van der Waals surface area contributed by atoms with Gasteiger partial charge in [0.1, 0.15) is 0 Å². The quantitative estimate of drug-likeness (QED) is 0.145. The van der Waals surface area contributed by atoms with E-state index in [9.17, 15) is 0 Å². The Morgan fingerprint density at radius 3 is 1.42 bits per heavy atom. The number of allylic oxidation sites excluding steroid dienone is 10. The molecule has 0 radical (unpaired) electrons. The van der Waals surface area contributed by atoms with Crippen molar-refractivity contribution >= 4 is 11.1 Å². The lowest BCUT2D eigenvalue weighted by Gasteiger charge is -2.22. The van der Waals surface area contributed by atoms with Gasteiger partial charge in [-0.25, -0.2) is 0 Å². The molecule has 0 spiro atoms. The van der Waals surface area contributed by atoms with Gasteiger partial charge in [-0.15, -0.1) is 0 Å². The van der Waals surface area contributed by atoms with E-state index in [1.54, 1.807) is 0 Å². The number of fused-ring (bicyclic) bond motifs is 1. The van der Waals surface area contributed by atoms with Crippen molar-refractivity contribution in [3.8, 4) is 11.1 Å². The van der Waals surface area contributed by atoms with E-state index in [0.717, 1.165) is 0 Å². The molecule has 5 aromatic carbocycles. The van der Waals surface area contributed by atoms with Gasteiger partial charge in [-0.3, -0.25) is 0 Å². The fourth-order valence-electron chi connectivity index (χ4n) is 6.22. The second-order valence-corrected chi connectivity index (χ2v) is 15.2. The summed E-state index contributed by atoms with van der Waals surface area (Å²) in [7, 11) is 0. The van der Waals surface area contributed by atoms with Crippen molar-refractivity contribution in [1.82, 2.24) is 0 Å². The van der Waals surface area contributed by atoms with Gasteiger partial charge in [-0.1, -0.05) is 234 Å². The minimum atomic E-state index is 0.0691. The van der Waals surface area contributed by atoms with Gasteiger partial charge in [-0.05, 0) is 111 Å². The molecule has 0 saturated carbocycles. The molecule has 57 heavy (non-hydrogen) atoms. The Balaban J connectivity index is 0.000000260. The fourth-order valence-corrected chi connectivity index (χ4v) is 6.22. The summed E-state index contributed by atoms with van der Waals surface area (Å²) in [5.41, 5.74) is 18.4. The minimum absolute atomic E-state index is 0.0691. The zero-order chi connectivity index (χ0) is 42.4. The molecule has 0 unspecified atom stereocenters. The summed E-state index contributed by atoms with van der Waals surface area (Å²) in [6, 6.07) is 40.8. The van der Waals surface area contributed by atoms with Gasteiger partial charge in [0.2, 0.25) is 0 Å². The van der Waals surface area contributed by atoms with Gasteiger partial charge in [0.15, 0.2) is 0 Å². The van der Waals surface area contributed by atoms with E-state index in [2.05, 4.69) is 223 Å². The average Bonchev–Trinajstić information content (AvgIpc) is 3.41. The lowest BCUT2D eigenvalue weighted by Crippen LogP contribution is -2.15. The topological polar surface area (TPSA) is 0 Å². The van der Waals surface area contributed by atoms with Crippen LogP contribution in [0.3, 0.4) is 0 Å². The van der Waals surface area contributed by atoms with Crippen LogP contribution in [0.15, 0.2) is 177 Å². The molecule has 0 bridgehead atoms. The van der Waals surface area contributed by atoms with E-state index in [1.807, 2.05) is 31.2 Å². The Hall–Kier alpha value is -5.46. The molecule has 1 aliphatic rings. The Kier molecular flexibility index (Phi) is 20.9. The van der Waals surface area contributed by atoms with Crippen LogP contribution >= 0.6 is 0 Å². The molecular weight excluding hydrogens is 685 g/mol.